The highest BCUT2D eigenvalue weighted by atomic mass is 19.1. The van der Waals surface area contributed by atoms with Crippen LogP contribution < -0.4 is 5.32 Å². The summed E-state index contributed by atoms with van der Waals surface area (Å²) in [6.07, 6.45) is 0.683. The quantitative estimate of drug-likeness (QED) is 0.730. The molecule has 1 aliphatic rings. The van der Waals surface area contributed by atoms with Crippen molar-refractivity contribution < 1.29 is 13.7 Å². The highest BCUT2D eigenvalue weighted by molar-refractivity contribution is 5.75. The summed E-state index contributed by atoms with van der Waals surface area (Å²) < 4.78 is 21.2. The van der Waals surface area contributed by atoms with E-state index in [1.807, 2.05) is 7.05 Å². The van der Waals surface area contributed by atoms with Crippen LogP contribution in [0.4, 0.5) is 9.18 Å². The minimum Gasteiger partial charge on any atom is -0.338 e. The molecule has 2 amide bonds. The monoisotopic (exact) mass is 398 g/mol. The van der Waals surface area contributed by atoms with Gasteiger partial charge in [-0.2, -0.15) is 10.1 Å². The molecule has 0 spiro atoms. The zero-order chi connectivity index (χ0) is 20.5. The lowest BCUT2D eigenvalue weighted by Gasteiger charge is -2.28. The van der Waals surface area contributed by atoms with Crippen molar-refractivity contribution in [3.8, 4) is 23.0 Å². The van der Waals surface area contributed by atoms with E-state index < -0.39 is 5.82 Å². The van der Waals surface area contributed by atoms with E-state index in [2.05, 4.69) is 34.4 Å². The van der Waals surface area contributed by atoms with Crippen LogP contribution in [0.5, 0.6) is 0 Å². The Morgan fingerprint density at radius 1 is 1.34 bits per heavy atom. The maximum Gasteiger partial charge on any atom is 0.317 e. The molecule has 0 atom stereocenters. The van der Waals surface area contributed by atoms with Crippen molar-refractivity contribution in [2.45, 2.75) is 26.8 Å². The Morgan fingerprint density at radius 3 is 2.90 bits per heavy atom. The molecule has 0 radical (unpaired) electrons. The maximum atomic E-state index is 14.0. The summed E-state index contributed by atoms with van der Waals surface area (Å²) in [7, 11) is 1.85. The number of rotatable bonds is 4. The van der Waals surface area contributed by atoms with Gasteiger partial charge in [0.1, 0.15) is 5.82 Å². The number of nitrogens with one attached hydrogen (secondary N) is 1. The molecule has 1 aliphatic heterocycles. The normalized spacial score (nSPS) is 13.6. The van der Waals surface area contributed by atoms with E-state index in [-0.39, 0.29) is 23.3 Å². The molecule has 9 heteroatoms. The molecule has 0 unspecified atom stereocenters. The van der Waals surface area contributed by atoms with E-state index in [0.717, 1.165) is 11.3 Å². The molecule has 2 aromatic heterocycles. The molecule has 152 valence electrons. The summed E-state index contributed by atoms with van der Waals surface area (Å²) in [6, 6.07) is 6.16. The van der Waals surface area contributed by atoms with Gasteiger partial charge in [0.05, 0.1) is 12.1 Å². The smallest absolute Gasteiger partial charge is 0.317 e. The number of urea groups is 1. The van der Waals surface area contributed by atoms with Gasteiger partial charge in [0.15, 0.2) is 5.69 Å². The number of amides is 2. The van der Waals surface area contributed by atoms with Gasteiger partial charge < -0.3 is 14.7 Å². The Bertz CT molecular complexity index is 1040. The molecule has 0 aliphatic carbocycles. The molecule has 0 saturated heterocycles. The molecular formula is C20H23FN6O2. The average molecular weight is 398 g/mol. The van der Waals surface area contributed by atoms with Gasteiger partial charge in [0, 0.05) is 37.8 Å². The largest absolute Gasteiger partial charge is 0.338 e. The predicted octanol–water partition coefficient (Wildman–Crippen LogP) is 3.00. The molecule has 0 saturated carbocycles. The van der Waals surface area contributed by atoms with Gasteiger partial charge in [-0.05, 0) is 18.1 Å². The van der Waals surface area contributed by atoms with E-state index in [0.29, 0.717) is 37.7 Å². The third kappa shape index (κ3) is 3.72. The Kier molecular flexibility index (Phi) is 5.04. The number of halogens is 1. The maximum absolute atomic E-state index is 14.0. The summed E-state index contributed by atoms with van der Waals surface area (Å²) in [5.41, 5.74) is 2.70. The molecule has 3 heterocycles. The van der Waals surface area contributed by atoms with Gasteiger partial charge in [0.2, 0.25) is 5.82 Å². The lowest BCUT2D eigenvalue weighted by Crippen LogP contribution is -2.44. The Balaban J connectivity index is 1.61. The van der Waals surface area contributed by atoms with Crippen molar-refractivity contribution in [2.24, 2.45) is 13.0 Å². The lowest BCUT2D eigenvalue weighted by atomic mass is 10.1. The van der Waals surface area contributed by atoms with Crippen LogP contribution in [0, 0.1) is 11.7 Å². The van der Waals surface area contributed by atoms with Gasteiger partial charge in [-0.25, -0.2) is 9.18 Å². The van der Waals surface area contributed by atoms with Crippen LogP contribution in [0.2, 0.25) is 0 Å². The highest BCUT2D eigenvalue weighted by Crippen LogP contribution is 2.30. The second-order valence-electron chi connectivity index (χ2n) is 7.55. The third-order valence-corrected chi connectivity index (χ3v) is 4.93. The SMILES string of the molecule is CC(C)CNC(=O)N1CCc2c(c(-c3nc(-c4ccccc4F)no3)nn2C)C1. The summed E-state index contributed by atoms with van der Waals surface area (Å²) >= 11 is 0. The van der Waals surface area contributed by atoms with Crippen molar-refractivity contribution in [2.75, 3.05) is 13.1 Å². The van der Waals surface area contributed by atoms with Gasteiger partial charge in [0.25, 0.3) is 5.89 Å². The first kappa shape index (κ1) is 19.1. The molecule has 0 bridgehead atoms. The number of carbonyl (C=O) groups is 1. The van der Waals surface area contributed by atoms with Crippen LogP contribution in [0.15, 0.2) is 28.8 Å². The predicted molar refractivity (Wildman–Crippen MR) is 104 cm³/mol. The molecular weight excluding hydrogens is 375 g/mol. The van der Waals surface area contributed by atoms with Crippen molar-refractivity contribution in [1.29, 1.82) is 0 Å². The number of aromatic nitrogens is 4. The number of fused-ring (bicyclic) bond motifs is 1. The fourth-order valence-electron chi connectivity index (χ4n) is 3.41. The first-order valence-electron chi connectivity index (χ1n) is 9.60. The Hall–Kier alpha value is -3.23. The lowest BCUT2D eigenvalue weighted by molar-refractivity contribution is 0.190. The van der Waals surface area contributed by atoms with Crippen LogP contribution >= 0.6 is 0 Å². The molecule has 1 N–H and O–H groups in total. The van der Waals surface area contributed by atoms with Crippen molar-refractivity contribution in [1.82, 2.24) is 30.1 Å². The number of benzene rings is 1. The summed E-state index contributed by atoms with van der Waals surface area (Å²) in [4.78, 5) is 18.6. The second-order valence-corrected chi connectivity index (χ2v) is 7.55. The van der Waals surface area contributed by atoms with E-state index in [4.69, 9.17) is 4.52 Å². The minimum atomic E-state index is -0.420. The molecule has 0 fully saturated rings. The number of nitrogens with zero attached hydrogens (tertiary/aromatic N) is 5. The zero-order valence-electron chi connectivity index (χ0n) is 16.6. The van der Waals surface area contributed by atoms with Gasteiger partial charge in [-0.3, -0.25) is 4.68 Å². The van der Waals surface area contributed by atoms with E-state index in [1.54, 1.807) is 27.8 Å². The van der Waals surface area contributed by atoms with Crippen LogP contribution in [0.1, 0.15) is 25.1 Å². The third-order valence-electron chi connectivity index (χ3n) is 4.93. The molecule has 8 nitrogen and oxygen atoms in total. The number of hydrogen-bond acceptors (Lipinski definition) is 5. The van der Waals surface area contributed by atoms with Gasteiger partial charge >= 0.3 is 6.03 Å². The first-order chi connectivity index (χ1) is 13.9. The zero-order valence-corrected chi connectivity index (χ0v) is 16.6. The van der Waals surface area contributed by atoms with Crippen LogP contribution in [-0.4, -0.2) is 43.9 Å². The van der Waals surface area contributed by atoms with Gasteiger partial charge in [-0.15, -0.1) is 0 Å². The Morgan fingerprint density at radius 2 is 2.14 bits per heavy atom. The highest BCUT2D eigenvalue weighted by Gasteiger charge is 2.29. The summed E-state index contributed by atoms with van der Waals surface area (Å²) in [6.45, 7) is 5.74. The average Bonchev–Trinajstić information content (AvgIpc) is 3.31. The minimum absolute atomic E-state index is 0.100. The fraction of sp³-hybridized carbons (Fsp3) is 0.400. The number of carbonyl (C=O) groups excluding carboxylic acids is 1. The van der Waals surface area contributed by atoms with Crippen LogP contribution in [-0.2, 0) is 20.0 Å². The van der Waals surface area contributed by atoms with Crippen molar-refractivity contribution >= 4 is 6.03 Å². The first-order valence-corrected chi connectivity index (χ1v) is 9.60. The van der Waals surface area contributed by atoms with Crippen molar-refractivity contribution in [3.63, 3.8) is 0 Å². The molecule has 29 heavy (non-hydrogen) atoms. The fourth-order valence-corrected chi connectivity index (χ4v) is 3.41. The van der Waals surface area contributed by atoms with Crippen LogP contribution in [0.25, 0.3) is 23.0 Å². The molecule has 3 aromatic rings. The second kappa shape index (κ2) is 7.65. The number of aryl methyl sites for hydroxylation is 1. The summed E-state index contributed by atoms with van der Waals surface area (Å²) in [5.74, 6) is 0.337. The van der Waals surface area contributed by atoms with E-state index >= 15 is 0 Å². The van der Waals surface area contributed by atoms with Crippen molar-refractivity contribution in [3.05, 3.63) is 41.3 Å². The van der Waals surface area contributed by atoms with Crippen LogP contribution in [0.3, 0.4) is 0 Å². The van der Waals surface area contributed by atoms with E-state index in [1.165, 1.54) is 6.07 Å². The Labute approximate surface area is 167 Å². The number of hydrogen-bond donors (Lipinski definition) is 1. The molecule has 1 aromatic carbocycles. The molecule has 4 rings (SSSR count). The summed E-state index contributed by atoms with van der Waals surface area (Å²) in [5, 5.41) is 11.4. The van der Waals surface area contributed by atoms with Gasteiger partial charge in [-0.1, -0.05) is 31.1 Å². The van der Waals surface area contributed by atoms with E-state index in [9.17, 15) is 9.18 Å². The topological polar surface area (TPSA) is 89.1 Å². The standard InChI is InChI=1S/C20H23FN6O2/c1-12(2)10-22-20(28)27-9-8-16-14(11-27)17(24-26(16)3)19-23-18(25-29-19)13-6-4-5-7-15(13)21/h4-7,12H,8-11H2,1-3H3,(H,22,28).